The first-order valence-electron chi connectivity index (χ1n) is 9.20. The molecule has 1 unspecified atom stereocenters. The van der Waals surface area contributed by atoms with Crippen molar-refractivity contribution >= 4 is 21.9 Å². The fourth-order valence-corrected chi connectivity index (χ4v) is 4.96. The van der Waals surface area contributed by atoms with E-state index in [2.05, 4.69) is 0 Å². The maximum Gasteiger partial charge on any atom is 0.340 e. The first-order valence-corrected chi connectivity index (χ1v) is 10.6. The Bertz CT molecular complexity index is 836. The Hall–Kier alpha value is -1.91. The van der Waals surface area contributed by atoms with Crippen LogP contribution < -0.4 is 0 Å². The van der Waals surface area contributed by atoms with Crippen LogP contribution in [-0.4, -0.2) is 73.5 Å². The fourth-order valence-electron chi connectivity index (χ4n) is 3.16. The molecule has 0 saturated carbocycles. The molecule has 1 amide bonds. The number of hydrogen-bond acceptors (Lipinski definition) is 6. The number of carbonyl (C=O) groups excluding carboxylic acids is 1. The van der Waals surface area contributed by atoms with E-state index < -0.39 is 22.1 Å². The molecule has 0 aromatic carbocycles. The van der Waals surface area contributed by atoms with Gasteiger partial charge in [0, 0.05) is 32.8 Å². The first-order chi connectivity index (χ1) is 13.0. The number of aromatic carboxylic acids is 1. The van der Waals surface area contributed by atoms with E-state index in [1.165, 1.54) is 18.2 Å². The van der Waals surface area contributed by atoms with Crippen molar-refractivity contribution < 1.29 is 32.3 Å². The number of sulfonamides is 1. The summed E-state index contributed by atoms with van der Waals surface area (Å²) in [5.74, 6) is -1.13. The predicted molar refractivity (Wildman–Crippen MR) is 101 cm³/mol. The highest BCUT2D eigenvalue weighted by Crippen LogP contribution is 2.30. The van der Waals surface area contributed by atoms with Crippen molar-refractivity contribution in [3.63, 3.8) is 0 Å². The smallest absolute Gasteiger partial charge is 0.340 e. The topological polar surface area (TPSA) is 117 Å². The van der Waals surface area contributed by atoms with Crippen LogP contribution in [0.25, 0.3) is 0 Å². The molecule has 1 aliphatic heterocycles. The average molecular weight is 416 g/mol. The van der Waals surface area contributed by atoms with Crippen molar-refractivity contribution in [3.8, 4) is 0 Å². The molecule has 0 bridgehead atoms. The van der Waals surface area contributed by atoms with Crippen LogP contribution in [0.1, 0.15) is 42.6 Å². The number of rotatable bonds is 7. The van der Waals surface area contributed by atoms with E-state index in [4.69, 9.17) is 9.15 Å². The van der Waals surface area contributed by atoms with Gasteiger partial charge in [0.15, 0.2) is 0 Å². The van der Waals surface area contributed by atoms with Gasteiger partial charge in [-0.2, -0.15) is 4.31 Å². The van der Waals surface area contributed by atoms with Gasteiger partial charge >= 0.3 is 5.97 Å². The Morgan fingerprint density at radius 1 is 1.11 bits per heavy atom. The Morgan fingerprint density at radius 3 is 2.18 bits per heavy atom. The number of carboxylic acid groups (broad SMARTS) is 1. The maximum absolute atomic E-state index is 13.0. The van der Waals surface area contributed by atoms with Gasteiger partial charge in [0.1, 0.15) is 28.1 Å². The van der Waals surface area contributed by atoms with Crippen LogP contribution in [0.5, 0.6) is 0 Å². The number of carboxylic acids is 1. The quantitative estimate of drug-likeness (QED) is 0.715. The number of piperazine rings is 1. The number of furan rings is 1. The highest BCUT2D eigenvalue weighted by Gasteiger charge is 2.37. The Labute approximate surface area is 165 Å². The predicted octanol–water partition coefficient (Wildman–Crippen LogP) is 1.49. The largest absolute Gasteiger partial charge is 0.478 e. The van der Waals surface area contributed by atoms with Gasteiger partial charge < -0.3 is 19.2 Å². The number of aryl methyl sites for hydroxylation is 2. The monoisotopic (exact) mass is 416 g/mol. The molecule has 9 nitrogen and oxygen atoms in total. The summed E-state index contributed by atoms with van der Waals surface area (Å²) < 4.78 is 38.0. The van der Waals surface area contributed by atoms with Gasteiger partial charge in [-0.25, -0.2) is 13.2 Å². The van der Waals surface area contributed by atoms with Gasteiger partial charge in [0.05, 0.1) is 0 Å². The highest BCUT2D eigenvalue weighted by molar-refractivity contribution is 7.89. The van der Waals surface area contributed by atoms with Crippen molar-refractivity contribution in [2.75, 3.05) is 32.8 Å². The molecular weight excluding hydrogens is 388 g/mol. The lowest BCUT2D eigenvalue weighted by Gasteiger charge is -2.35. The van der Waals surface area contributed by atoms with Gasteiger partial charge in [-0.1, -0.05) is 13.8 Å². The van der Waals surface area contributed by atoms with E-state index in [1.54, 1.807) is 11.8 Å². The lowest BCUT2D eigenvalue weighted by molar-refractivity contribution is -0.144. The highest BCUT2D eigenvalue weighted by atomic mass is 32.2. The molecule has 1 saturated heterocycles. The summed E-state index contributed by atoms with van der Waals surface area (Å²) in [6.45, 7) is 9.57. The van der Waals surface area contributed by atoms with E-state index in [0.717, 1.165) is 0 Å². The molecule has 0 radical (unpaired) electrons. The summed E-state index contributed by atoms with van der Waals surface area (Å²) in [4.78, 5) is 25.2. The molecule has 10 heteroatoms. The van der Waals surface area contributed by atoms with Crippen molar-refractivity contribution in [3.05, 3.63) is 17.1 Å². The Morgan fingerprint density at radius 2 is 1.68 bits per heavy atom. The number of nitrogens with zero attached hydrogens (tertiary/aromatic N) is 2. The molecule has 1 aliphatic rings. The number of amides is 1. The molecule has 0 aliphatic carbocycles. The minimum atomic E-state index is -4.05. The lowest BCUT2D eigenvalue weighted by atomic mass is 10.2. The molecule has 28 heavy (non-hydrogen) atoms. The summed E-state index contributed by atoms with van der Waals surface area (Å²) in [6, 6.07) is 0. The number of hydrogen-bond donors (Lipinski definition) is 1. The standard InChI is InChI=1S/C18H28N2O7S/c1-11(2)10-26-14(5)17(21)19-6-8-20(9-7-19)28(24,25)16-13(4)27-12(3)15(16)18(22)23/h11,14H,6-10H2,1-5H3,(H,22,23). The van der Waals surface area contributed by atoms with Crippen LogP contribution in [0.15, 0.2) is 9.31 Å². The summed E-state index contributed by atoms with van der Waals surface area (Å²) in [5, 5.41) is 9.38. The second-order valence-electron chi connectivity index (χ2n) is 7.32. The van der Waals surface area contributed by atoms with Gasteiger partial charge in [0.25, 0.3) is 5.91 Å². The Kier molecular flexibility index (Phi) is 6.89. The molecule has 1 aromatic rings. The van der Waals surface area contributed by atoms with Crippen molar-refractivity contribution in [2.24, 2.45) is 5.92 Å². The first kappa shape index (κ1) is 22.4. The van der Waals surface area contributed by atoms with E-state index in [1.807, 2.05) is 13.8 Å². The normalized spacial score (nSPS) is 17.1. The SMILES string of the molecule is Cc1oc(C)c(S(=O)(=O)N2CCN(C(=O)C(C)OCC(C)C)CC2)c1C(=O)O. The van der Waals surface area contributed by atoms with Crippen LogP contribution in [0, 0.1) is 19.8 Å². The molecule has 2 heterocycles. The summed E-state index contributed by atoms with van der Waals surface area (Å²) in [7, 11) is -4.05. The van der Waals surface area contributed by atoms with Gasteiger partial charge in [-0.15, -0.1) is 0 Å². The van der Waals surface area contributed by atoms with Gasteiger partial charge in [0.2, 0.25) is 10.0 Å². The molecule has 0 spiro atoms. The minimum Gasteiger partial charge on any atom is -0.478 e. The number of ether oxygens (including phenoxy) is 1. The zero-order valence-corrected chi connectivity index (χ0v) is 17.7. The van der Waals surface area contributed by atoms with Crippen LogP contribution >= 0.6 is 0 Å². The molecule has 1 atom stereocenters. The number of carbonyl (C=O) groups is 2. The summed E-state index contributed by atoms with van der Waals surface area (Å²) >= 11 is 0. The van der Waals surface area contributed by atoms with Crippen molar-refractivity contribution in [1.29, 1.82) is 0 Å². The van der Waals surface area contributed by atoms with E-state index in [9.17, 15) is 23.1 Å². The van der Waals surface area contributed by atoms with E-state index >= 15 is 0 Å². The molecular formula is C18H28N2O7S. The third kappa shape index (κ3) is 4.56. The van der Waals surface area contributed by atoms with Gasteiger partial charge in [-0.05, 0) is 26.7 Å². The third-order valence-corrected chi connectivity index (χ3v) is 6.65. The van der Waals surface area contributed by atoms with Crippen molar-refractivity contribution in [2.45, 2.75) is 45.6 Å². The summed E-state index contributed by atoms with van der Waals surface area (Å²) in [6.07, 6.45) is -0.595. The van der Waals surface area contributed by atoms with Crippen LogP contribution in [0.4, 0.5) is 0 Å². The van der Waals surface area contributed by atoms with Crippen molar-refractivity contribution in [1.82, 2.24) is 9.21 Å². The minimum absolute atomic E-state index is 0.0455. The second-order valence-corrected chi connectivity index (χ2v) is 9.20. The van der Waals surface area contributed by atoms with Gasteiger partial charge in [-0.3, -0.25) is 4.79 Å². The zero-order chi connectivity index (χ0) is 21.2. The van der Waals surface area contributed by atoms with Crippen LogP contribution in [0.3, 0.4) is 0 Å². The maximum atomic E-state index is 13.0. The van der Waals surface area contributed by atoms with Crippen LogP contribution in [0.2, 0.25) is 0 Å². The molecule has 1 aromatic heterocycles. The molecule has 1 fully saturated rings. The lowest BCUT2D eigenvalue weighted by Crippen LogP contribution is -2.53. The molecule has 2 rings (SSSR count). The average Bonchev–Trinajstić information content (AvgIpc) is 2.94. The fraction of sp³-hybridized carbons (Fsp3) is 0.667. The second kappa shape index (κ2) is 8.62. The third-order valence-electron chi connectivity index (χ3n) is 4.59. The zero-order valence-electron chi connectivity index (χ0n) is 16.9. The van der Waals surface area contributed by atoms with E-state index in [0.29, 0.717) is 12.5 Å². The van der Waals surface area contributed by atoms with E-state index in [-0.39, 0.29) is 54.1 Å². The summed E-state index contributed by atoms with van der Waals surface area (Å²) in [5.41, 5.74) is -0.341. The molecule has 158 valence electrons. The molecule has 1 N–H and O–H groups in total. The van der Waals surface area contributed by atoms with Crippen LogP contribution in [-0.2, 0) is 19.6 Å². The Balaban J connectivity index is 2.11.